The van der Waals surface area contributed by atoms with Crippen LogP contribution in [0.15, 0.2) is 95.1 Å². The van der Waals surface area contributed by atoms with E-state index in [-0.39, 0.29) is 28.6 Å². The molecule has 1 aliphatic heterocycles. The molecular formula is C33H24O8. The Morgan fingerprint density at radius 3 is 2.27 bits per heavy atom. The first-order valence-electron chi connectivity index (χ1n) is 12.7. The van der Waals surface area contributed by atoms with Crippen LogP contribution in [0, 0.1) is 0 Å². The molecule has 8 heteroatoms. The maximum atomic E-state index is 13.6. The predicted octanol–water partition coefficient (Wildman–Crippen LogP) is 6.96. The van der Waals surface area contributed by atoms with Crippen LogP contribution < -0.4 is 23.7 Å². The van der Waals surface area contributed by atoms with Crippen molar-refractivity contribution in [3.63, 3.8) is 0 Å². The number of esters is 1. The standard InChI is InChI=1S/C33H24O8/c1-36-21-10-13-26(38-3)20(15-21)16-29-31(34)24-12-9-23(18-28(24)40-29)39-33(35)30-25-17-22(37-2)11-14-27(25)41-32(30)19-7-5-4-6-8-19/h4-18H,1-3H3/b29-16-. The Hall–Kier alpha value is -5.50. The lowest BCUT2D eigenvalue weighted by atomic mass is 10.1. The van der Waals surface area contributed by atoms with E-state index in [1.165, 1.54) is 6.07 Å². The second-order valence-corrected chi connectivity index (χ2v) is 9.13. The molecule has 0 fully saturated rings. The van der Waals surface area contributed by atoms with Gasteiger partial charge in [0.05, 0.1) is 26.9 Å². The highest BCUT2D eigenvalue weighted by molar-refractivity contribution is 6.15. The van der Waals surface area contributed by atoms with Crippen LogP contribution in [0.3, 0.4) is 0 Å². The monoisotopic (exact) mass is 548 g/mol. The highest BCUT2D eigenvalue weighted by Gasteiger charge is 2.30. The summed E-state index contributed by atoms with van der Waals surface area (Å²) in [5.74, 6) is 1.77. The van der Waals surface area contributed by atoms with Crippen LogP contribution in [0.1, 0.15) is 26.3 Å². The fraction of sp³-hybridized carbons (Fsp3) is 0.0909. The minimum absolute atomic E-state index is 0.106. The second-order valence-electron chi connectivity index (χ2n) is 9.13. The molecule has 2 heterocycles. The van der Waals surface area contributed by atoms with E-state index in [9.17, 15) is 9.59 Å². The molecule has 0 bridgehead atoms. The van der Waals surface area contributed by atoms with E-state index in [1.807, 2.05) is 30.3 Å². The first kappa shape index (κ1) is 25.8. The van der Waals surface area contributed by atoms with Crippen molar-refractivity contribution in [1.29, 1.82) is 0 Å². The normalized spacial score (nSPS) is 13.1. The number of benzene rings is 4. The summed E-state index contributed by atoms with van der Waals surface area (Å²) < 4.78 is 33.8. The van der Waals surface area contributed by atoms with E-state index in [1.54, 1.807) is 75.9 Å². The van der Waals surface area contributed by atoms with Gasteiger partial charge < -0.3 is 28.1 Å². The Labute approximate surface area is 235 Å². The van der Waals surface area contributed by atoms with Crippen molar-refractivity contribution >= 4 is 28.8 Å². The van der Waals surface area contributed by atoms with Gasteiger partial charge in [-0.3, -0.25) is 4.79 Å². The van der Waals surface area contributed by atoms with Gasteiger partial charge in [-0.15, -0.1) is 0 Å². The Kier molecular flexibility index (Phi) is 6.65. The van der Waals surface area contributed by atoms with Gasteiger partial charge in [0.1, 0.15) is 45.7 Å². The lowest BCUT2D eigenvalue weighted by Crippen LogP contribution is -2.09. The molecule has 6 rings (SSSR count). The molecule has 0 saturated carbocycles. The number of furan rings is 1. The van der Waals surface area contributed by atoms with Crippen LogP contribution >= 0.6 is 0 Å². The summed E-state index contributed by atoms with van der Waals surface area (Å²) in [6, 6.07) is 24.4. The number of methoxy groups -OCH3 is 3. The molecule has 0 N–H and O–H groups in total. The first-order chi connectivity index (χ1) is 20.0. The number of allylic oxidation sites excluding steroid dienone is 1. The lowest BCUT2D eigenvalue weighted by Gasteiger charge is -2.08. The third kappa shape index (κ3) is 4.76. The minimum atomic E-state index is -0.628. The van der Waals surface area contributed by atoms with Crippen LogP contribution in [0.2, 0.25) is 0 Å². The number of ketones is 1. The molecule has 1 aromatic heterocycles. The van der Waals surface area contributed by atoms with Gasteiger partial charge in [0.2, 0.25) is 5.78 Å². The molecule has 0 atom stereocenters. The fourth-order valence-electron chi connectivity index (χ4n) is 4.68. The van der Waals surface area contributed by atoms with Crippen molar-refractivity contribution in [3.8, 4) is 40.1 Å². The zero-order chi connectivity index (χ0) is 28.5. The van der Waals surface area contributed by atoms with E-state index >= 15 is 0 Å². The molecule has 204 valence electrons. The van der Waals surface area contributed by atoms with Gasteiger partial charge in [-0.05, 0) is 54.6 Å². The Morgan fingerprint density at radius 1 is 0.780 bits per heavy atom. The summed E-state index contributed by atoms with van der Waals surface area (Å²) >= 11 is 0. The molecule has 0 radical (unpaired) electrons. The SMILES string of the molecule is COc1ccc(OC)c(/C=C2\Oc3cc(OC(=O)c4c(-c5ccccc5)oc5ccc(OC)cc45)ccc3C2=O)c1. The van der Waals surface area contributed by atoms with Crippen LogP contribution in [0.5, 0.6) is 28.7 Å². The molecule has 4 aromatic carbocycles. The van der Waals surface area contributed by atoms with E-state index in [0.717, 1.165) is 5.56 Å². The quantitative estimate of drug-likeness (QED) is 0.122. The van der Waals surface area contributed by atoms with Gasteiger partial charge >= 0.3 is 5.97 Å². The van der Waals surface area contributed by atoms with Crippen LogP contribution in [-0.2, 0) is 0 Å². The highest BCUT2D eigenvalue weighted by atomic mass is 16.5. The average molecular weight is 549 g/mol. The molecular weight excluding hydrogens is 524 g/mol. The fourth-order valence-corrected chi connectivity index (χ4v) is 4.68. The average Bonchev–Trinajstić information content (AvgIpc) is 3.54. The molecule has 5 aromatic rings. The van der Waals surface area contributed by atoms with Gasteiger partial charge in [0, 0.05) is 22.6 Å². The van der Waals surface area contributed by atoms with Crippen molar-refractivity contribution < 1.29 is 37.7 Å². The number of ether oxygens (including phenoxy) is 5. The number of carbonyl (C=O) groups excluding carboxylic acids is 2. The van der Waals surface area contributed by atoms with Gasteiger partial charge in [-0.2, -0.15) is 0 Å². The van der Waals surface area contributed by atoms with Crippen molar-refractivity contribution in [2.24, 2.45) is 0 Å². The second kappa shape index (κ2) is 10.6. The molecule has 0 amide bonds. The summed E-state index contributed by atoms with van der Waals surface area (Å²) in [6.45, 7) is 0. The number of Topliss-reactive ketones (excluding diaryl/α,β-unsaturated/α-hetero) is 1. The largest absolute Gasteiger partial charge is 0.497 e. The minimum Gasteiger partial charge on any atom is -0.497 e. The third-order valence-electron chi connectivity index (χ3n) is 6.71. The summed E-state index contributed by atoms with van der Waals surface area (Å²) in [6.07, 6.45) is 1.59. The number of fused-ring (bicyclic) bond motifs is 2. The summed E-state index contributed by atoms with van der Waals surface area (Å²) in [5, 5.41) is 0.554. The lowest BCUT2D eigenvalue weighted by molar-refractivity contribution is 0.0736. The zero-order valence-corrected chi connectivity index (χ0v) is 22.4. The predicted molar refractivity (Wildman–Crippen MR) is 152 cm³/mol. The molecule has 1 aliphatic rings. The van der Waals surface area contributed by atoms with Crippen molar-refractivity contribution in [2.75, 3.05) is 21.3 Å². The zero-order valence-electron chi connectivity index (χ0n) is 22.4. The molecule has 0 saturated heterocycles. The highest BCUT2D eigenvalue weighted by Crippen LogP contribution is 2.39. The van der Waals surface area contributed by atoms with Crippen molar-refractivity contribution in [2.45, 2.75) is 0 Å². The Bertz CT molecular complexity index is 1830. The molecule has 0 aliphatic carbocycles. The summed E-state index contributed by atoms with van der Waals surface area (Å²) in [7, 11) is 4.65. The first-order valence-corrected chi connectivity index (χ1v) is 12.7. The smallest absolute Gasteiger partial charge is 0.348 e. The number of hydrogen-bond donors (Lipinski definition) is 0. The Morgan fingerprint density at radius 2 is 1.51 bits per heavy atom. The maximum absolute atomic E-state index is 13.6. The van der Waals surface area contributed by atoms with E-state index in [0.29, 0.717) is 45.1 Å². The van der Waals surface area contributed by atoms with E-state index in [2.05, 4.69) is 0 Å². The van der Waals surface area contributed by atoms with E-state index in [4.69, 9.17) is 28.1 Å². The van der Waals surface area contributed by atoms with E-state index < -0.39 is 5.97 Å². The molecule has 0 unspecified atom stereocenters. The summed E-state index contributed by atoms with van der Waals surface area (Å²) in [5.41, 5.74) is 2.46. The topological polar surface area (TPSA) is 93.4 Å². The van der Waals surface area contributed by atoms with Gasteiger partial charge in [-0.1, -0.05) is 30.3 Å². The van der Waals surface area contributed by atoms with Crippen LogP contribution in [0.4, 0.5) is 0 Å². The van der Waals surface area contributed by atoms with Crippen molar-refractivity contribution in [3.05, 3.63) is 107 Å². The number of hydrogen-bond acceptors (Lipinski definition) is 8. The van der Waals surface area contributed by atoms with Crippen LogP contribution in [-0.4, -0.2) is 33.1 Å². The van der Waals surface area contributed by atoms with Crippen LogP contribution in [0.25, 0.3) is 28.4 Å². The molecule has 41 heavy (non-hydrogen) atoms. The molecule has 0 spiro atoms. The Balaban J connectivity index is 1.33. The van der Waals surface area contributed by atoms with Crippen molar-refractivity contribution in [1.82, 2.24) is 0 Å². The number of rotatable bonds is 7. The number of carbonyl (C=O) groups is 2. The summed E-state index contributed by atoms with van der Waals surface area (Å²) in [4.78, 5) is 26.7. The van der Waals surface area contributed by atoms with Gasteiger partial charge in [-0.25, -0.2) is 4.79 Å². The maximum Gasteiger partial charge on any atom is 0.348 e. The van der Waals surface area contributed by atoms with Gasteiger partial charge in [0.15, 0.2) is 5.76 Å². The van der Waals surface area contributed by atoms with Gasteiger partial charge in [0.25, 0.3) is 0 Å². The third-order valence-corrected chi connectivity index (χ3v) is 6.71. The molecule has 8 nitrogen and oxygen atoms in total.